The molecule has 0 heterocycles. The normalized spacial score (nSPS) is 21.3. The molecule has 4 nitrogen and oxygen atoms in total. The number of hydrogen-bond acceptors (Lipinski definition) is 3. The number of benzene rings is 1. The van der Waals surface area contributed by atoms with Crippen LogP contribution in [-0.4, -0.2) is 24.7 Å². The molecule has 2 rings (SSSR count). The van der Waals surface area contributed by atoms with E-state index in [0.29, 0.717) is 6.42 Å². The quantitative estimate of drug-likeness (QED) is 0.805. The number of fused-ring (bicyclic) bond motifs is 1. The van der Waals surface area contributed by atoms with Crippen LogP contribution in [0.4, 0.5) is 0 Å². The number of aryl methyl sites for hydroxylation is 1. The van der Waals surface area contributed by atoms with Crippen LogP contribution in [0.5, 0.6) is 5.75 Å². The Kier molecular flexibility index (Phi) is 3.77. The summed E-state index contributed by atoms with van der Waals surface area (Å²) in [5, 5.41) is 12.6. The van der Waals surface area contributed by atoms with Gasteiger partial charge in [0.15, 0.2) is 0 Å². The molecule has 1 aromatic rings. The van der Waals surface area contributed by atoms with Gasteiger partial charge < -0.3 is 9.84 Å². The van der Waals surface area contributed by atoms with Gasteiger partial charge in [0.25, 0.3) is 0 Å². The number of terminal acetylenes is 1. The summed E-state index contributed by atoms with van der Waals surface area (Å²) in [6, 6.07) is 5.52. The third-order valence-corrected chi connectivity index (χ3v) is 3.63. The topological polar surface area (TPSA) is 58.6 Å². The average Bonchev–Trinajstić information content (AvgIpc) is 2.44. The summed E-state index contributed by atoms with van der Waals surface area (Å²) in [6.07, 6.45) is 7.46. The number of hydrogen-bond donors (Lipinski definition) is 2. The fourth-order valence-electron chi connectivity index (χ4n) is 2.68. The summed E-state index contributed by atoms with van der Waals surface area (Å²) in [5.74, 6) is 2.32. The molecule has 0 radical (unpaired) electrons. The van der Waals surface area contributed by atoms with E-state index in [0.717, 1.165) is 29.7 Å². The van der Waals surface area contributed by atoms with Gasteiger partial charge >= 0.3 is 5.97 Å². The number of carbonyl (C=O) groups is 1. The highest BCUT2D eigenvalue weighted by Gasteiger charge is 2.43. The van der Waals surface area contributed by atoms with Crippen LogP contribution in [-0.2, 0) is 16.8 Å². The number of carboxylic acids is 1. The molecular formula is C15H17NO3. The van der Waals surface area contributed by atoms with Gasteiger partial charge in [-0.3, -0.25) is 5.32 Å². The second-order valence-electron chi connectivity index (χ2n) is 4.64. The molecule has 19 heavy (non-hydrogen) atoms. The zero-order valence-corrected chi connectivity index (χ0v) is 10.9. The SMILES string of the molecule is C#CCNC1(C(=O)O)CCCc2cc(OC)ccc21. The number of nitrogens with one attached hydrogen (secondary N) is 1. The fraction of sp³-hybridized carbons (Fsp3) is 0.400. The summed E-state index contributed by atoms with van der Waals surface area (Å²) in [6.45, 7) is 0.234. The van der Waals surface area contributed by atoms with E-state index in [2.05, 4.69) is 11.2 Å². The number of ether oxygens (including phenoxy) is 1. The van der Waals surface area contributed by atoms with Gasteiger partial charge in [-0.15, -0.1) is 6.42 Å². The van der Waals surface area contributed by atoms with Crippen molar-refractivity contribution < 1.29 is 14.6 Å². The lowest BCUT2D eigenvalue weighted by molar-refractivity contribution is -0.146. The minimum atomic E-state index is -1.08. The zero-order valence-electron chi connectivity index (χ0n) is 10.9. The van der Waals surface area contributed by atoms with Crippen molar-refractivity contribution >= 4 is 5.97 Å². The first kappa shape index (κ1) is 13.4. The average molecular weight is 259 g/mol. The molecule has 0 aromatic heterocycles. The molecular weight excluding hydrogens is 242 g/mol. The van der Waals surface area contributed by atoms with Crippen molar-refractivity contribution in [2.75, 3.05) is 13.7 Å². The van der Waals surface area contributed by atoms with Crippen LogP contribution >= 0.6 is 0 Å². The largest absolute Gasteiger partial charge is 0.497 e. The van der Waals surface area contributed by atoms with E-state index < -0.39 is 11.5 Å². The van der Waals surface area contributed by atoms with E-state index in [4.69, 9.17) is 11.2 Å². The highest BCUT2D eigenvalue weighted by atomic mass is 16.5. The van der Waals surface area contributed by atoms with E-state index in [1.54, 1.807) is 13.2 Å². The van der Waals surface area contributed by atoms with Gasteiger partial charge in [0, 0.05) is 0 Å². The van der Waals surface area contributed by atoms with Crippen molar-refractivity contribution in [3.63, 3.8) is 0 Å². The summed E-state index contributed by atoms with van der Waals surface area (Å²) >= 11 is 0. The smallest absolute Gasteiger partial charge is 0.328 e. The van der Waals surface area contributed by atoms with Crippen LogP contribution in [0.25, 0.3) is 0 Å². The van der Waals surface area contributed by atoms with Crippen molar-refractivity contribution in [1.82, 2.24) is 5.32 Å². The monoisotopic (exact) mass is 259 g/mol. The summed E-state index contributed by atoms with van der Waals surface area (Å²) in [4.78, 5) is 11.7. The molecule has 1 atom stereocenters. The molecule has 2 N–H and O–H groups in total. The van der Waals surface area contributed by atoms with E-state index in [-0.39, 0.29) is 6.54 Å². The Bertz CT molecular complexity index is 533. The highest BCUT2D eigenvalue weighted by molar-refractivity contribution is 5.82. The van der Waals surface area contributed by atoms with Crippen molar-refractivity contribution in [3.8, 4) is 18.1 Å². The van der Waals surface area contributed by atoms with Crippen LogP contribution < -0.4 is 10.1 Å². The van der Waals surface area contributed by atoms with E-state index in [9.17, 15) is 9.90 Å². The third kappa shape index (κ3) is 2.29. The Morgan fingerprint density at radius 3 is 3.05 bits per heavy atom. The maximum atomic E-state index is 11.7. The Balaban J connectivity index is 2.49. The van der Waals surface area contributed by atoms with E-state index >= 15 is 0 Å². The number of rotatable bonds is 4. The maximum absolute atomic E-state index is 11.7. The highest BCUT2D eigenvalue weighted by Crippen LogP contribution is 2.37. The predicted molar refractivity (Wildman–Crippen MR) is 72.1 cm³/mol. The van der Waals surface area contributed by atoms with Gasteiger partial charge in [-0.05, 0) is 42.5 Å². The maximum Gasteiger partial charge on any atom is 0.328 e. The standard InChI is InChI=1S/C15H17NO3/c1-3-9-16-15(14(17)18)8-4-5-11-10-12(19-2)6-7-13(11)15/h1,6-7,10,16H,4-5,8-9H2,2H3,(H,17,18). The Hall–Kier alpha value is -1.99. The van der Waals surface area contributed by atoms with Gasteiger partial charge in [0.1, 0.15) is 11.3 Å². The number of aliphatic carboxylic acids is 1. The molecule has 0 spiro atoms. The summed E-state index contributed by atoms with van der Waals surface area (Å²) < 4.78 is 5.19. The first-order chi connectivity index (χ1) is 9.14. The molecule has 0 bridgehead atoms. The Morgan fingerprint density at radius 2 is 2.42 bits per heavy atom. The molecule has 0 fully saturated rings. The molecule has 0 aliphatic heterocycles. The summed E-state index contributed by atoms with van der Waals surface area (Å²) in [5.41, 5.74) is 0.728. The zero-order chi connectivity index (χ0) is 13.9. The van der Waals surface area contributed by atoms with Crippen LogP contribution in [0.3, 0.4) is 0 Å². The van der Waals surface area contributed by atoms with Gasteiger partial charge in [-0.25, -0.2) is 4.79 Å². The lowest BCUT2D eigenvalue weighted by Gasteiger charge is -2.36. The van der Waals surface area contributed by atoms with Crippen molar-refractivity contribution in [3.05, 3.63) is 29.3 Å². The van der Waals surface area contributed by atoms with Gasteiger partial charge in [0.2, 0.25) is 0 Å². The van der Waals surface area contributed by atoms with Crippen molar-refractivity contribution in [2.45, 2.75) is 24.8 Å². The molecule has 1 unspecified atom stereocenters. The fourth-order valence-corrected chi connectivity index (χ4v) is 2.68. The molecule has 0 saturated heterocycles. The van der Waals surface area contributed by atoms with Crippen LogP contribution in [0, 0.1) is 12.3 Å². The molecule has 100 valence electrons. The molecule has 4 heteroatoms. The molecule has 0 saturated carbocycles. The minimum absolute atomic E-state index is 0.234. The second kappa shape index (κ2) is 5.33. The molecule has 1 aromatic carbocycles. The van der Waals surface area contributed by atoms with Crippen molar-refractivity contribution in [1.29, 1.82) is 0 Å². The summed E-state index contributed by atoms with van der Waals surface area (Å²) in [7, 11) is 1.60. The molecule has 0 amide bonds. The van der Waals surface area contributed by atoms with E-state index in [1.165, 1.54) is 0 Å². The third-order valence-electron chi connectivity index (χ3n) is 3.63. The Labute approximate surface area is 112 Å². The van der Waals surface area contributed by atoms with Crippen molar-refractivity contribution in [2.24, 2.45) is 0 Å². The number of methoxy groups -OCH3 is 1. The predicted octanol–water partition coefficient (Wildman–Crippen LogP) is 1.53. The van der Waals surface area contributed by atoms with Crippen LogP contribution in [0.15, 0.2) is 18.2 Å². The lowest BCUT2D eigenvalue weighted by atomic mass is 9.76. The van der Waals surface area contributed by atoms with Gasteiger partial charge in [0.05, 0.1) is 13.7 Å². The minimum Gasteiger partial charge on any atom is -0.497 e. The first-order valence-electron chi connectivity index (χ1n) is 6.23. The first-order valence-corrected chi connectivity index (χ1v) is 6.23. The van der Waals surface area contributed by atoms with Gasteiger partial charge in [-0.1, -0.05) is 12.0 Å². The Morgan fingerprint density at radius 1 is 1.63 bits per heavy atom. The van der Waals surface area contributed by atoms with Gasteiger partial charge in [-0.2, -0.15) is 0 Å². The van der Waals surface area contributed by atoms with Crippen LogP contribution in [0.2, 0.25) is 0 Å². The van der Waals surface area contributed by atoms with E-state index in [1.807, 2.05) is 12.1 Å². The number of carboxylic acid groups (broad SMARTS) is 1. The lowest BCUT2D eigenvalue weighted by Crippen LogP contribution is -2.51. The second-order valence-corrected chi connectivity index (χ2v) is 4.64. The van der Waals surface area contributed by atoms with Crippen LogP contribution in [0.1, 0.15) is 24.0 Å². The molecule has 1 aliphatic carbocycles. The molecule has 1 aliphatic rings.